The molecule has 2 heterocycles. The second-order valence-electron chi connectivity index (χ2n) is 6.57. The Hall–Kier alpha value is -3.98. The molecule has 4 rings (SSSR count). The van der Waals surface area contributed by atoms with Crippen LogP contribution in [-0.4, -0.2) is 44.7 Å². The lowest BCUT2D eigenvalue weighted by atomic mass is 10.2. The minimum Gasteiger partial charge on any atom is -0.497 e. The molecule has 9 heteroatoms. The molecule has 160 valence electrons. The van der Waals surface area contributed by atoms with E-state index >= 15 is 0 Å². The van der Waals surface area contributed by atoms with Gasteiger partial charge < -0.3 is 4.74 Å². The first-order chi connectivity index (χ1) is 15.7. The van der Waals surface area contributed by atoms with Gasteiger partial charge in [-0.15, -0.1) is 10.2 Å². The Bertz CT molecular complexity index is 1190. The van der Waals surface area contributed by atoms with E-state index in [0.717, 1.165) is 22.6 Å². The quantitative estimate of drug-likeness (QED) is 0.254. The normalized spacial score (nSPS) is 10.9. The predicted octanol–water partition coefficient (Wildman–Crippen LogP) is 3.58. The molecule has 0 spiro atoms. The van der Waals surface area contributed by atoms with Crippen molar-refractivity contribution in [2.24, 2.45) is 5.10 Å². The molecule has 0 aliphatic rings. The van der Waals surface area contributed by atoms with Gasteiger partial charge in [0.15, 0.2) is 11.0 Å². The van der Waals surface area contributed by atoms with E-state index in [1.54, 1.807) is 37.9 Å². The van der Waals surface area contributed by atoms with Crippen LogP contribution in [-0.2, 0) is 4.79 Å². The standard InChI is InChI=1S/C23H20N6O2S/c1-31-20-9-7-18(8-10-20)22-27-28-23(29(22)19-5-3-2-4-6-19)32-16-21(30)26-25-15-17-11-13-24-14-12-17/h2-15H,16H2,1H3,(H,26,30)/b25-15-. The van der Waals surface area contributed by atoms with Crippen LogP contribution in [0, 0.1) is 0 Å². The van der Waals surface area contributed by atoms with Crippen LogP contribution < -0.4 is 10.2 Å². The fourth-order valence-electron chi connectivity index (χ4n) is 2.89. The van der Waals surface area contributed by atoms with Gasteiger partial charge in [-0.2, -0.15) is 5.10 Å². The van der Waals surface area contributed by atoms with Crippen LogP contribution in [0.1, 0.15) is 5.56 Å². The number of aromatic nitrogens is 4. The van der Waals surface area contributed by atoms with Crippen LogP contribution in [0.4, 0.5) is 0 Å². The highest BCUT2D eigenvalue weighted by atomic mass is 32.2. The van der Waals surface area contributed by atoms with Crippen molar-refractivity contribution in [3.8, 4) is 22.8 Å². The molecular weight excluding hydrogens is 424 g/mol. The van der Waals surface area contributed by atoms with Crippen molar-refractivity contribution in [3.05, 3.63) is 84.7 Å². The van der Waals surface area contributed by atoms with Crippen LogP contribution in [0.2, 0.25) is 0 Å². The summed E-state index contributed by atoms with van der Waals surface area (Å²) in [5, 5.41) is 13.3. The highest BCUT2D eigenvalue weighted by molar-refractivity contribution is 7.99. The summed E-state index contributed by atoms with van der Waals surface area (Å²) in [6.45, 7) is 0. The summed E-state index contributed by atoms with van der Waals surface area (Å²) < 4.78 is 7.18. The van der Waals surface area contributed by atoms with E-state index in [4.69, 9.17) is 4.74 Å². The average molecular weight is 445 g/mol. The Morgan fingerprint density at radius 2 is 1.81 bits per heavy atom. The van der Waals surface area contributed by atoms with Gasteiger partial charge in [-0.1, -0.05) is 30.0 Å². The van der Waals surface area contributed by atoms with Crippen molar-refractivity contribution in [2.75, 3.05) is 12.9 Å². The molecule has 0 radical (unpaired) electrons. The SMILES string of the molecule is COc1ccc(-c2nnc(SCC(=O)N/N=C\c3ccncc3)n2-c2ccccc2)cc1. The number of hydrazone groups is 1. The molecule has 2 aromatic heterocycles. The Kier molecular flexibility index (Phi) is 6.88. The summed E-state index contributed by atoms with van der Waals surface area (Å²) in [6.07, 6.45) is 4.89. The van der Waals surface area contributed by atoms with E-state index in [1.807, 2.05) is 59.2 Å². The van der Waals surface area contributed by atoms with Crippen molar-refractivity contribution < 1.29 is 9.53 Å². The molecule has 32 heavy (non-hydrogen) atoms. The average Bonchev–Trinajstić information content (AvgIpc) is 3.28. The summed E-state index contributed by atoms with van der Waals surface area (Å²) in [5.74, 6) is 1.34. The maximum atomic E-state index is 12.3. The lowest BCUT2D eigenvalue weighted by molar-refractivity contribution is -0.118. The molecule has 0 fully saturated rings. The third kappa shape index (κ3) is 5.19. The predicted molar refractivity (Wildman–Crippen MR) is 124 cm³/mol. The third-order valence-electron chi connectivity index (χ3n) is 4.44. The lowest BCUT2D eigenvalue weighted by Crippen LogP contribution is -2.20. The van der Waals surface area contributed by atoms with Crippen molar-refractivity contribution in [3.63, 3.8) is 0 Å². The second-order valence-corrected chi connectivity index (χ2v) is 7.51. The Morgan fingerprint density at radius 1 is 1.06 bits per heavy atom. The molecule has 2 aromatic carbocycles. The summed E-state index contributed by atoms with van der Waals surface area (Å²) in [7, 11) is 1.63. The number of carbonyl (C=O) groups excluding carboxylic acids is 1. The van der Waals surface area contributed by atoms with Crippen molar-refractivity contribution in [1.29, 1.82) is 0 Å². The number of hydrogen-bond donors (Lipinski definition) is 1. The van der Waals surface area contributed by atoms with Crippen molar-refractivity contribution >= 4 is 23.9 Å². The minimum absolute atomic E-state index is 0.140. The van der Waals surface area contributed by atoms with Gasteiger partial charge in [0.25, 0.3) is 5.91 Å². The zero-order valence-corrected chi connectivity index (χ0v) is 18.1. The van der Waals surface area contributed by atoms with Crippen molar-refractivity contribution in [1.82, 2.24) is 25.2 Å². The third-order valence-corrected chi connectivity index (χ3v) is 5.37. The number of hydrogen-bond acceptors (Lipinski definition) is 7. The second kappa shape index (κ2) is 10.4. The molecule has 0 saturated heterocycles. The van der Waals surface area contributed by atoms with Crippen molar-refractivity contribution in [2.45, 2.75) is 5.16 Å². The summed E-state index contributed by atoms with van der Waals surface area (Å²) in [5.41, 5.74) is 5.17. The number of thioether (sulfide) groups is 1. The van der Waals surface area contributed by atoms with Gasteiger partial charge in [0.05, 0.1) is 19.1 Å². The summed E-state index contributed by atoms with van der Waals surface area (Å²) in [6, 6.07) is 21.0. The minimum atomic E-state index is -0.242. The molecule has 0 saturated carbocycles. The molecule has 8 nitrogen and oxygen atoms in total. The van der Waals surface area contributed by atoms with Crippen LogP contribution in [0.3, 0.4) is 0 Å². The molecule has 1 amide bonds. The van der Waals surface area contributed by atoms with E-state index in [1.165, 1.54) is 11.8 Å². The smallest absolute Gasteiger partial charge is 0.250 e. The number of nitrogens with one attached hydrogen (secondary N) is 1. The number of methoxy groups -OCH3 is 1. The van der Waals surface area contributed by atoms with Gasteiger partial charge in [-0.05, 0) is 54.1 Å². The number of ether oxygens (including phenoxy) is 1. The number of rotatable bonds is 8. The van der Waals surface area contributed by atoms with Crippen LogP contribution in [0.15, 0.2) is 89.4 Å². The van der Waals surface area contributed by atoms with Crippen LogP contribution >= 0.6 is 11.8 Å². The molecule has 0 bridgehead atoms. The van der Waals surface area contributed by atoms with Gasteiger partial charge in [0.1, 0.15) is 5.75 Å². The van der Waals surface area contributed by atoms with Gasteiger partial charge in [-0.3, -0.25) is 14.3 Å². The molecule has 4 aromatic rings. The molecule has 0 aliphatic heterocycles. The Balaban J connectivity index is 1.51. The number of amides is 1. The number of benzene rings is 2. The summed E-state index contributed by atoms with van der Waals surface area (Å²) in [4.78, 5) is 16.2. The molecule has 0 unspecified atom stereocenters. The zero-order valence-electron chi connectivity index (χ0n) is 17.3. The first-order valence-electron chi connectivity index (χ1n) is 9.74. The van der Waals surface area contributed by atoms with Crippen LogP contribution in [0.5, 0.6) is 5.75 Å². The Labute approximate surface area is 189 Å². The molecular formula is C23H20N6O2S. The lowest BCUT2D eigenvalue weighted by Gasteiger charge is -2.10. The first kappa shape index (κ1) is 21.3. The van der Waals surface area contributed by atoms with Gasteiger partial charge >= 0.3 is 0 Å². The topological polar surface area (TPSA) is 94.3 Å². The molecule has 0 atom stereocenters. The van der Waals surface area contributed by atoms with Gasteiger partial charge in [-0.25, -0.2) is 5.43 Å². The zero-order chi connectivity index (χ0) is 22.2. The van der Waals surface area contributed by atoms with Gasteiger partial charge in [0.2, 0.25) is 0 Å². The largest absolute Gasteiger partial charge is 0.497 e. The van der Waals surface area contributed by atoms with E-state index < -0.39 is 0 Å². The first-order valence-corrected chi connectivity index (χ1v) is 10.7. The fourth-order valence-corrected chi connectivity index (χ4v) is 3.64. The molecule has 1 N–H and O–H groups in total. The fraction of sp³-hybridized carbons (Fsp3) is 0.0870. The highest BCUT2D eigenvalue weighted by Gasteiger charge is 2.17. The highest BCUT2D eigenvalue weighted by Crippen LogP contribution is 2.28. The van der Waals surface area contributed by atoms with E-state index in [2.05, 4.69) is 25.7 Å². The Morgan fingerprint density at radius 3 is 2.53 bits per heavy atom. The maximum Gasteiger partial charge on any atom is 0.250 e. The monoisotopic (exact) mass is 444 g/mol. The van der Waals surface area contributed by atoms with E-state index in [-0.39, 0.29) is 11.7 Å². The number of carbonyl (C=O) groups is 1. The van der Waals surface area contributed by atoms with Gasteiger partial charge in [0, 0.05) is 23.6 Å². The number of nitrogens with zero attached hydrogens (tertiary/aromatic N) is 5. The molecule has 0 aliphatic carbocycles. The van der Waals surface area contributed by atoms with E-state index in [0.29, 0.717) is 11.0 Å². The maximum absolute atomic E-state index is 12.3. The van der Waals surface area contributed by atoms with Crippen LogP contribution in [0.25, 0.3) is 17.1 Å². The number of pyridine rings is 1. The summed E-state index contributed by atoms with van der Waals surface area (Å²) >= 11 is 1.29. The number of para-hydroxylation sites is 1. The van der Waals surface area contributed by atoms with E-state index in [9.17, 15) is 4.79 Å².